The van der Waals surface area contributed by atoms with Gasteiger partial charge in [0.15, 0.2) is 0 Å². The summed E-state index contributed by atoms with van der Waals surface area (Å²) in [7, 11) is 12.0. The molecule has 0 bridgehead atoms. The van der Waals surface area contributed by atoms with E-state index in [1.807, 2.05) is 6.07 Å². The van der Waals surface area contributed by atoms with Crippen molar-refractivity contribution < 1.29 is 0 Å². The standard InChI is InChI=1S/C10H13Cl2Ge/c1-2-3-6-9-7-4-5-8-10(9)13(11)12/h4-5,7-8H,2-3,6H2,1H3. The molecule has 0 fully saturated rings. The first kappa shape index (κ1) is 11.4. The third-order valence-electron chi connectivity index (χ3n) is 2.02. The molecule has 1 aromatic carbocycles. The number of unbranched alkanes of at least 4 members (excludes halogenated alkanes) is 1. The second kappa shape index (κ2) is 5.95. The van der Waals surface area contributed by atoms with E-state index in [1.165, 1.54) is 22.8 Å². The van der Waals surface area contributed by atoms with Crippen LogP contribution in [0.3, 0.4) is 0 Å². The van der Waals surface area contributed by atoms with E-state index in [-0.39, 0.29) is 0 Å². The zero-order valence-electron chi connectivity index (χ0n) is 7.69. The number of halogens is 2. The maximum atomic E-state index is 6.02. The van der Waals surface area contributed by atoms with Crippen molar-refractivity contribution in [1.29, 1.82) is 0 Å². The van der Waals surface area contributed by atoms with Gasteiger partial charge in [0.2, 0.25) is 0 Å². The van der Waals surface area contributed by atoms with Crippen LogP contribution in [0, 0.1) is 0 Å². The Labute approximate surface area is 92.7 Å². The molecule has 1 aromatic rings. The van der Waals surface area contributed by atoms with Gasteiger partial charge in [0.05, 0.1) is 0 Å². The van der Waals surface area contributed by atoms with Crippen LogP contribution >= 0.6 is 20.0 Å². The fraction of sp³-hybridized carbons (Fsp3) is 0.400. The van der Waals surface area contributed by atoms with Crippen LogP contribution in [0.5, 0.6) is 0 Å². The molecule has 0 saturated heterocycles. The van der Waals surface area contributed by atoms with Crippen molar-refractivity contribution in [2.45, 2.75) is 26.2 Å². The van der Waals surface area contributed by atoms with Gasteiger partial charge in [-0.15, -0.1) is 0 Å². The molecule has 0 N–H and O–H groups in total. The van der Waals surface area contributed by atoms with Gasteiger partial charge < -0.3 is 0 Å². The minimum absolute atomic E-state index is 1.11. The van der Waals surface area contributed by atoms with Gasteiger partial charge in [-0.2, -0.15) is 0 Å². The summed E-state index contributed by atoms with van der Waals surface area (Å²) in [4.78, 5) is 0. The summed E-state index contributed by atoms with van der Waals surface area (Å²) in [6.45, 7) is 2.20. The van der Waals surface area contributed by atoms with E-state index in [0.717, 1.165) is 6.42 Å². The summed E-state index contributed by atoms with van der Waals surface area (Å²) in [6, 6.07) is 8.29. The number of hydrogen-bond acceptors (Lipinski definition) is 0. The van der Waals surface area contributed by atoms with E-state index >= 15 is 0 Å². The van der Waals surface area contributed by atoms with E-state index in [4.69, 9.17) is 20.0 Å². The van der Waals surface area contributed by atoms with E-state index in [9.17, 15) is 0 Å². The molecule has 1 radical (unpaired) electrons. The fourth-order valence-corrected chi connectivity index (χ4v) is 4.62. The molecule has 0 heterocycles. The van der Waals surface area contributed by atoms with Crippen LogP contribution < -0.4 is 4.40 Å². The number of hydrogen-bond donors (Lipinski definition) is 0. The predicted octanol–water partition coefficient (Wildman–Crippen LogP) is 3.20. The zero-order valence-corrected chi connectivity index (χ0v) is 11.3. The average Bonchev–Trinajstić information content (AvgIpc) is 2.15. The van der Waals surface area contributed by atoms with E-state index in [1.54, 1.807) is 0 Å². The minimum atomic E-state index is -1.92. The van der Waals surface area contributed by atoms with Crippen molar-refractivity contribution in [3.05, 3.63) is 29.8 Å². The van der Waals surface area contributed by atoms with Crippen molar-refractivity contribution in [3.8, 4) is 0 Å². The number of rotatable bonds is 4. The number of aryl methyl sites for hydroxylation is 1. The van der Waals surface area contributed by atoms with Crippen LogP contribution in [0.4, 0.5) is 0 Å². The second-order valence-electron chi connectivity index (χ2n) is 3.02. The van der Waals surface area contributed by atoms with E-state index in [2.05, 4.69) is 25.1 Å². The first-order valence-corrected chi connectivity index (χ1v) is 11.1. The molecule has 13 heavy (non-hydrogen) atoms. The predicted molar refractivity (Wildman–Crippen MR) is 62.1 cm³/mol. The Morgan fingerprint density at radius 3 is 2.54 bits per heavy atom. The van der Waals surface area contributed by atoms with E-state index < -0.39 is 12.5 Å². The van der Waals surface area contributed by atoms with Crippen molar-refractivity contribution in [2.75, 3.05) is 0 Å². The SMILES string of the molecule is CCCCc1cccc[c]1[Ge]([Cl])[Cl]. The number of benzene rings is 1. The first-order valence-electron chi connectivity index (χ1n) is 4.52. The molecule has 0 atom stereocenters. The molecule has 0 nitrogen and oxygen atoms in total. The molecule has 71 valence electrons. The normalized spacial score (nSPS) is 10.8. The van der Waals surface area contributed by atoms with Crippen LogP contribution in [-0.2, 0) is 6.42 Å². The Balaban J connectivity index is 2.78. The van der Waals surface area contributed by atoms with Crippen LogP contribution in [0.2, 0.25) is 0 Å². The molecular formula is C10H13Cl2Ge. The molecule has 0 unspecified atom stereocenters. The molecule has 0 aliphatic heterocycles. The van der Waals surface area contributed by atoms with Crippen LogP contribution in [-0.4, -0.2) is 12.5 Å². The molecule has 0 amide bonds. The van der Waals surface area contributed by atoms with Gasteiger partial charge in [-0.1, -0.05) is 0 Å². The second-order valence-corrected chi connectivity index (χ2v) is 10.2. The Kier molecular flexibility index (Phi) is 5.22. The van der Waals surface area contributed by atoms with Gasteiger partial charge in [0.25, 0.3) is 0 Å². The van der Waals surface area contributed by atoms with Gasteiger partial charge >= 0.3 is 92.9 Å². The summed E-state index contributed by atoms with van der Waals surface area (Å²) in [5.41, 5.74) is 1.35. The quantitative estimate of drug-likeness (QED) is 0.741. The van der Waals surface area contributed by atoms with Gasteiger partial charge in [-0.05, 0) is 0 Å². The van der Waals surface area contributed by atoms with Gasteiger partial charge in [-0.25, -0.2) is 0 Å². The molecule has 0 aliphatic rings. The molecule has 3 heteroatoms. The Morgan fingerprint density at radius 1 is 1.23 bits per heavy atom. The van der Waals surface area contributed by atoms with Crippen molar-refractivity contribution in [2.24, 2.45) is 0 Å². The Hall–Kier alpha value is 0.343. The van der Waals surface area contributed by atoms with Crippen molar-refractivity contribution in [1.82, 2.24) is 0 Å². The molecule has 0 aliphatic carbocycles. The summed E-state index contributed by atoms with van der Waals surface area (Å²) < 4.78 is 1.22. The third-order valence-corrected chi connectivity index (χ3v) is 6.01. The Morgan fingerprint density at radius 2 is 1.92 bits per heavy atom. The molecule has 0 aromatic heterocycles. The summed E-state index contributed by atoms with van der Waals surface area (Å²) in [5.74, 6) is 0. The van der Waals surface area contributed by atoms with Crippen molar-refractivity contribution >= 4 is 36.9 Å². The summed E-state index contributed by atoms with van der Waals surface area (Å²) in [5, 5.41) is 0. The fourth-order valence-electron chi connectivity index (χ4n) is 1.29. The summed E-state index contributed by atoms with van der Waals surface area (Å²) in [6.07, 6.45) is 3.55. The van der Waals surface area contributed by atoms with Gasteiger partial charge in [-0.3, -0.25) is 0 Å². The molecule has 0 saturated carbocycles. The Bertz CT molecular complexity index is 261. The van der Waals surface area contributed by atoms with Gasteiger partial charge in [0.1, 0.15) is 0 Å². The average molecular weight is 277 g/mol. The monoisotopic (exact) mass is 277 g/mol. The van der Waals surface area contributed by atoms with Crippen LogP contribution in [0.15, 0.2) is 24.3 Å². The topological polar surface area (TPSA) is 0 Å². The maximum absolute atomic E-state index is 6.02. The van der Waals surface area contributed by atoms with Crippen LogP contribution in [0.25, 0.3) is 0 Å². The summed E-state index contributed by atoms with van der Waals surface area (Å²) >= 11 is -1.92. The third kappa shape index (κ3) is 3.53. The van der Waals surface area contributed by atoms with E-state index in [0.29, 0.717) is 0 Å². The molecular weight excluding hydrogens is 264 g/mol. The zero-order chi connectivity index (χ0) is 9.68. The van der Waals surface area contributed by atoms with Crippen LogP contribution in [0.1, 0.15) is 25.3 Å². The molecule has 0 spiro atoms. The van der Waals surface area contributed by atoms with Gasteiger partial charge in [0, 0.05) is 0 Å². The van der Waals surface area contributed by atoms with Crippen molar-refractivity contribution in [3.63, 3.8) is 0 Å². The first-order chi connectivity index (χ1) is 6.25. The molecule has 1 rings (SSSR count).